The van der Waals surface area contributed by atoms with Gasteiger partial charge in [-0.25, -0.2) is 0 Å². The Balaban J connectivity index is 3.06. The van der Waals surface area contributed by atoms with E-state index in [0.29, 0.717) is 5.56 Å². The number of hydrogen-bond acceptors (Lipinski definition) is 4. The van der Waals surface area contributed by atoms with E-state index < -0.39 is 12.1 Å². The van der Waals surface area contributed by atoms with E-state index in [2.05, 4.69) is 14.4 Å². The van der Waals surface area contributed by atoms with Gasteiger partial charge in [-0.1, -0.05) is 0 Å². The molecule has 1 heterocycles. The maximum absolute atomic E-state index is 11.3. The molecular weight excluding hydrogens is 440 g/mol. The van der Waals surface area contributed by atoms with Gasteiger partial charge in [0.25, 0.3) is 0 Å². The van der Waals surface area contributed by atoms with Crippen LogP contribution < -0.4 is 0 Å². The number of aliphatic hydroxyl groups excluding tert-OH is 1. The summed E-state index contributed by atoms with van der Waals surface area (Å²) in [5, 5.41) is 10.1. The van der Waals surface area contributed by atoms with E-state index >= 15 is 0 Å². The van der Waals surface area contributed by atoms with E-state index in [1.54, 1.807) is 12.3 Å². The standard InChI is InChI=1S/C11H11AtClNO3/c1-3-7-4-8(10(13)14-5-7)9(15)6(2)11(16)17-12/h4-5,9,15H,2-3H2,1H3. The molecule has 0 aliphatic carbocycles. The van der Waals surface area contributed by atoms with E-state index in [1.807, 2.05) is 6.92 Å². The third-order valence-corrected chi connectivity index (χ3v) is 3.15. The van der Waals surface area contributed by atoms with E-state index in [-0.39, 0.29) is 10.7 Å². The summed E-state index contributed by atoms with van der Waals surface area (Å²) in [7, 11) is 0. The number of aryl methyl sites for hydroxylation is 1. The number of aliphatic hydroxyl groups is 1. The molecule has 0 bridgehead atoms. The number of carbonyl (C=O) groups is 1. The van der Waals surface area contributed by atoms with Crippen LogP contribution in [-0.2, 0) is 14.0 Å². The molecule has 0 aliphatic rings. The quantitative estimate of drug-likeness (QED) is 0.562. The Bertz CT molecular complexity index is 450. The van der Waals surface area contributed by atoms with Crippen LogP contribution in [0.15, 0.2) is 24.4 Å². The maximum atomic E-state index is 11.3. The fourth-order valence-electron chi connectivity index (χ4n) is 1.24. The van der Waals surface area contributed by atoms with Crippen molar-refractivity contribution in [2.75, 3.05) is 0 Å². The van der Waals surface area contributed by atoms with Crippen molar-refractivity contribution < 1.29 is 37.9 Å². The summed E-state index contributed by atoms with van der Waals surface area (Å²) in [5.74, 6) is -0.646. The zero-order chi connectivity index (χ0) is 13.0. The molecular formula is C11H11AtClNO3. The van der Waals surface area contributed by atoms with Crippen molar-refractivity contribution in [1.29, 1.82) is 0 Å². The number of aromatic nitrogens is 1. The molecule has 4 nitrogen and oxygen atoms in total. The predicted molar refractivity (Wildman–Crippen MR) is 58.8 cm³/mol. The van der Waals surface area contributed by atoms with Crippen LogP contribution in [0.4, 0.5) is 0 Å². The van der Waals surface area contributed by atoms with Crippen LogP contribution in [0, 0.1) is 25.2 Å². The second-order valence-electron chi connectivity index (χ2n) is 3.37. The van der Waals surface area contributed by atoms with Crippen LogP contribution in [0.3, 0.4) is 0 Å². The predicted octanol–water partition coefficient (Wildman–Crippen LogP) is 1.89. The number of halogens is 1. The van der Waals surface area contributed by atoms with Gasteiger partial charge in [0.15, 0.2) is 0 Å². The van der Waals surface area contributed by atoms with Gasteiger partial charge in [-0.05, 0) is 0 Å². The van der Waals surface area contributed by atoms with E-state index in [9.17, 15) is 9.90 Å². The fourth-order valence-corrected chi connectivity index (χ4v) is 1.84. The van der Waals surface area contributed by atoms with E-state index in [4.69, 9.17) is 11.6 Å². The number of hydrogen-bond donors (Lipinski definition) is 1. The average molecular weight is 451 g/mol. The van der Waals surface area contributed by atoms with Crippen LogP contribution in [0.2, 0.25) is 5.15 Å². The van der Waals surface area contributed by atoms with Gasteiger partial charge in [-0.2, -0.15) is 0 Å². The van der Waals surface area contributed by atoms with Gasteiger partial charge < -0.3 is 0 Å². The van der Waals surface area contributed by atoms with Crippen molar-refractivity contribution in [2.24, 2.45) is 0 Å². The molecule has 1 aromatic rings. The van der Waals surface area contributed by atoms with Gasteiger partial charge in [-0.15, -0.1) is 0 Å². The number of carbonyl (C=O) groups excluding carboxylic acids is 1. The molecule has 6 heteroatoms. The van der Waals surface area contributed by atoms with Crippen molar-refractivity contribution in [2.45, 2.75) is 19.4 Å². The fraction of sp³-hybridized carbons (Fsp3) is 0.273. The zero-order valence-corrected chi connectivity index (χ0v) is 12.8. The molecule has 0 saturated heterocycles. The summed E-state index contributed by atoms with van der Waals surface area (Å²) >= 11 is 6.72. The molecule has 0 amide bonds. The Morgan fingerprint density at radius 2 is 2.41 bits per heavy atom. The van der Waals surface area contributed by atoms with Gasteiger partial charge in [-0.3, -0.25) is 0 Å². The molecule has 1 rings (SSSR count). The first-order valence-electron chi connectivity index (χ1n) is 4.85. The normalized spacial score (nSPS) is 12.0. The minimum absolute atomic E-state index is 0.0514. The van der Waals surface area contributed by atoms with Crippen molar-refractivity contribution >= 4 is 17.6 Å². The average Bonchev–Trinajstić information content (AvgIpc) is 2.36. The number of rotatable bonds is 4. The molecule has 92 valence electrons. The van der Waals surface area contributed by atoms with Gasteiger partial charge in [0.1, 0.15) is 0 Å². The second-order valence-corrected chi connectivity index (χ2v) is 4.33. The van der Waals surface area contributed by atoms with E-state index in [1.165, 1.54) is 0 Å². The molecule has 0 fully saturated rings. The van der Waals surface area contributed by atoms with Crippen LogP contribution in [0.5, 0.6) is 0 Å². The summed E-state index contributed by atoms with van der Waals surface area (Å²) in [6, 6.07) is 1.71. The van der Waals surface area contributed by atoms with Crippen LogP contribution >= 0.6 is 11.6 Å². The molecule has 0 aliphatic heterocycles. The van der Waals surface area contributed by atoms with Crippen molar-refractivity contribution in [3.8, 4) is 0 Å². The van der Waals surface area contributed by atoms with Crippen LogP contribution in [0.1, 0.15) is 24.2 Å². The van der Waals surface area contributed by atoms with Gasteiger partial charge in [0.05, 0.1) is 0 Å². The topological polar surface area (TPSA) is 59.4 Å². The Kier molecular flexibility index (Phi) is 5.51. The van der Waals surface area contributed by atoms with Gasteiger partial charge in [0, 0.05) is 0 Å². The van der Waals surface area contributed by atoms with Crippen molar-refractivity contribution in [3.05, 3.63) is 40.7 Å². The molecule has 1 unspecified atom stereocenters. The first kappa shape index (κ1) is 14.6. The first-order valence-corrected chi connectivity index (χ1v) is 6.43. The molecule has 1 N–H and O–H groups in total. The summed E-state index contributed by atoms with van der Waals surface area (Å²) in [4.78, 5) is 15.2. The number of nitrogens with zero attached hydrogens (tertiary/aromatic N) is 1. The van der Waals surface area contributed by atoms with Crippen molar-refractivity contribution in [3.63, 3.8) is 0 Å². The van der Waals surface area contributed by atoms with Gasteiger partial charge >= 0.3 is 121 Å². The first-order chi connectivity index (χ1) is 8.01. The molecule has 1 atom stereocenters. The molecule has 1 aromatic heterocycles. The molecule has 0 spiro atoms. The SMILES string of the molecule is C=C(C(=O)O[At])C(O)c1cc(CC)cnc1Cl. The molecule has 0 saturated carbocycles. The molecule has 17 heavy (non-hydrogen) atoms. The van der Waals surface area contributed by atoms with E-state index in [0.717, 1.165) is 37.1 Å². The van der Waals surface area contributed by atoms with Crippen molar-refractivity contribution in [1.82, 2.24) is 4.98 Å². The van der Waals surface area contributed by atoms with Crippen LogP contribution in [0.25, 0.3) is 0 Å². The second kappa shape index (κ2) is 6.43. The Morgan fingerprint density at radius 3 is 2.94 bits per heavy atom. The summed E-state index contributed by atoms with van der Waals surface area (Å²) in [5.41, 5.74) is 1.24. The zero-order valence-electron chi connectivity index (χ0n) is 9.11. The molecule has 0 radical (unpaired) electrons. The summed E-state index contributed by atoms with van der Waals surface area (Å²) < 4.78 is 4.54. The Labute approximate surface area is 120 Å². The third-order valence-electron chi connectivity index (χ3n) is 2.29. The number of pyridine rings is 1. The van der Waals surface area contributed by atoms with Crippen LogP contribution in [-0.4, -0.2) is 16.1 Å². The Morgan fingerprint density at radius 1 is 1.76 bits per heavy atom. The summed E-state index contributed by atoms with van der Waals surface area (Å²) in [6.45, 7) is 5.45. The minimum atomic E-state index is -1.19. The third kappa shape index (κ3) is 3.47. The van der Waals surface area contributed by atoms with Gasteiger partial charge in [0.2, 0.25) is 0 Å². The molecule has 0 aromatic carbocycles. The monoisotopic (exact) mass is 450 g/mol. The summed E-state index contributed by atoms with van der Waals surface area (Å²) in [6.07, 6.45) is 1.20. The Hall–Kier alpha value is -0.507.